The third-order valence-corrected chi connectivity index (χ3v) is 1.87. The highest BCUT2D eigenvalue weighted by molar-refractivity contribution is 5.46. The lowest BCUT2D eigenvalue weighted by molar-refractivity contribution is 0.370. The molecule has 0 saturated carbocycles. The summed E-state index contributed by atoms with van der Waals surface area (Å²) in [6.07, 6.45) is 6.78. The largest absolute Gasteiger partial charge is 0.337 e. The van der Waals surface area contributed by atoms with Gasteiger partial charge in [0.25, 0.3) is 0 Å². The number of hydrogen-bond donors (Lipinski definition) is 1. The summed E-state index contributed by atoms with van der Waals surface area (Å²) in [6, 6.07) is 5.53. The fraction of sp³-hybridized carbons (Fsp3) is 0.182. The number of terminal acetylenes is 1. The lowest BCUT2D eigenvalue weighted by Crippen LogP contribution is -2.13. The van der Waals surface area contributed by atoms with Crippen LogP contribution in [0.2, 0.25) is 0 Å². The van der Waals surface area contributed by atoms with Crippen molar-refractivity contribution in [3.05, 3.63) is 30.3 Å². The van der Waals surface area contributed by atoms with Crippen molar-refractivity contribution in [1.82, 2.24) is 20.4 Å². The molecule has 0 amide bonds. The first-order valence-corrected chi connectivity index (χ1v) is 4.78. The smallest absolute Gasteiger partial charge is 0.240 e. The average Bonchev–Trinajstić information content (AvgIpc) is 2.79. The molecule has 2 aromatic rings. The normalized spacial score (nSPS) is 9.94. The molecule has 0 aliphatic heterocycles. The summed E-state index contributed by atoms with van der Waals surface area (Å²) in [4.78, 5) is 8.30. The van der Waals surface area contributed by atoms with E-state index in [9.17, 15) is 0 Å². The molecular formula is C11H10N4O. The molecule has 5 heteroatoms. The molecule has 0 spiro atoms. The molecule has 2 heterocycles. The van der Waals surface area contributed by atoms with Gasteiger partial charge in [0.1, 0.15) is 5.69 Å². The number of pyridine rings is 1. The third-order valence-electron chi connectivity index (χ3n) is 1.87. The van der Waals surface area contributed by atoms with Crippen LogP contribution in [0.5, 0.6) is 0 Å². The van der Waals surface area contributed by atoms with E-state index >= 15 is 0 Å². The van der Waals surface area contributed by atoms with Gasteiger partial charge in [-0.1, -0.05) is 17.1 Å². The van der Waals surface area contributed by atoms with Crippen molar-refractivity contribution in [1.29, 1.82) is 0 Å². The van der Waals surface area contributed by atoms with Crippen molar-refractivity contribution < 1.29 is 4.52 Å². The Kier molecular flexibility index (Phi) is 3.26. The summed E-state index contributed by atoms with van der Waals surface area (Å²) in [6.45, 7) is 0.936. The van der Waals surface area contributed by atoms with E-state index in [4.69, 9.17) is 10.9 Å². The van der Waals surface area contributed by atoms with Gasteiger partial charge < -0.3 is 4.52 Å². The minimum Gasteiger partial charge on any atom is -0.337 e. The first-order valence-electron chi connectivity index (χ1n) is 4.78. The van der Waals surface area contributed by atoms with Crippen molar-refractivity contribution in [3.8, 4) is 23.9 Å². The number of aromatic nitrogens is 3. The minimum absolute atomic E-state index is 0.462. The van der Waals surface area contributed by atoms with Crippen LogP contribution in [0.3, 0.4) is 0 Å². The highest BCUT2D eigenvalue weighted by Crippen LogP contribution is 2.11. The fourth-order valence-corrected chi connectivity index (χ4v) is 1.17. The van der Waals surface area contributed by atoms with Gasteiger partial charge in [0.2, 0.25) is 11.7 Å². The summed E-state index contributed by atoms with van der Waals surface area (Å²) < 4.78 is 5.03. The topological polar surface area (TPSA) is 63.8 Å². The van der Waals surface area contributed by atoms with E-state index in [1.165, 1.54) is 0 Å². The fourth-order valence-electron chi connectivity index (χ4n) is 1.17. The number of hydrogen-bond acceptors (Lipinski definition) is 5. The Morgan fingerprint density at radius 1 is 1.44 bits per heavy atom. The Hall–Kier alpha value is -2.19. The Morgan fingerprint density at radius 2 is 2.38 bits per heavy atom. The maximum absolute atomic E-state index is 5.10. The highest BCUT2D eigenvalue weighted by atomic mass is 16.5. The zero-order valence-corrected chi connectivity index (χ0v) is 8.55. The predicted octanol–water partition coefficient (Wildman–Crippen LogP) is 0.854. The molecule has 0 radical (unpaired) electrons. The SMILES string of the molecule is C#CCNCc1nc(-c2ccccn2)no1. The Bertz CT molecular complexity index is 486. The van der Waals surface area contributed by atoms with Crippen molar-refractivity contribution in [2.45, 2.75) is 6.54 Å². The van der Waals surface area contributed by atoms with Crippen LogP contribution >= 0.6 is 0 Å². The van der Waals surface area contributed by atoms with Crippen LogP contribution in [-0.4, -0.2) is 21.7 Å². The molecule has 0 bridgehead atoms. The van der Waals surface area contributed by atoms with E-state index in [0.29, 0.717) is 30.5 Å². The summed E-state index contributed by atoms with van der Waals surface area (Å²) in [5, 5.41) is 6.79. The van der Waals surface area contributed by atoms with Gasteiger partial charge in [0.05, 0.1) is 13.1 Å². The van der Waals surface area contributed by atoms with Crippen molar-refractivity contribution in [2.75, 3.05) is 6.54 Å². The minimum atomic E-state index is 0.462. The lowest BCUT2D eigenvalue weighted by Gasteiger charge is -1.92. The molecule has 80 valence electrons. The van der Waals surface area contributed by atoms with Crippen LogP contribution in [0.1, 0.15) is 5.89 Å². The Balaban J connectivity index is 2.06. The van der Waals surface area contributed by atoms with Gasteiger partial charge in [-0.05, 0) is 12.1 Å². The van der Waals surface area contributed by atoms with Gasteiger partial charge in [-0.2, -0.15) is 4.98 Å². The first kappa shape index (κ1) is 10.3. The summed E-state index contributed by atoms with van der Waals surface area (Å²) >= 11 is 0. The number of rotatable bonds is 4. The van der Waals surface area contributed by atoms with Gasteiger partial charge in [-0.15, -0.1) is 6.42 Å². The van der Waals surface area contributed by atoms with Crippen LogP contribution in [0, 0.1) is 12.3 Å². The first-order chi connectivity index (χ1) is 7.90. The molecule has 0 atom stereocenters. The molecule has 5 nitrogen and oxygen atoms in total. The van der Waals surface area contributed by atoms with Crippen LogP contribution in [0.25, 0.3) is 11.5 Å². The van der Waals surface area contributed by atoms with E-state index < -0.39 is 0 Å². The van der Waals surface area contributed by atoms with Gasteiger partial charge in [-0.25, -0.2) is 0 Å². The Labute approximate surface area is 92.9 Å². The van der Waals surface area contributed by atoms with Gasteiger partial charge >= 0.3 is 0 Å². The summed E-state index contributed by atoms with van der Waals surface area (Å²) in [7, 11) is 0. The van der Waals surface area contributed by atoms with E-state index in [-0.39, 0.29) is 0 Å². The highest BCUT2D eigenvalue weighted by Gasteiger charge is 2.08. The predicted molar refractivity (Wildman–Crippen MR) is 58.1 cm³/mol. The van der Waals surface area contributed by atoms with Crippen molar-refractivity contribution >= 4 is 0 Å². The Morgan fingerprint density at radius 3 is 3.12 bits per heavy atom. The quantitative estimate of drug-likeness (QED) is 0.604. The maximum Gasteiger partial charge on any atom is 0.240 e. The molecular weight excluding hydrogens is 204 g/mol. The maximum atomic E-state index is 5.10. The molecule has 2 aromatic heterocycles. The molecule has 1 N–H and O–H groups in total. The summed E-state index contributed by atoms with van der Waals surface area (Å²) in [5.41, 5.74) is 0.689. The number of nitrogens with one attached hydrogen (secondary N) is 1. The molecule has 0 saturated heterocycles. The van der Waals surface area contributed by atoms with Crippen LogP contribution in [0.15, 0.2) is 28.9 Å². The standard InChI is InChI=1S/C11H10N4O/c1-2-6-12-8-10-14-11(15-16-10)9-5-3-4-7-13-9/h1,3-5,7,12H,6,8H2. The zero-order valence-electron chi connectivity index (χ0n) is 8.55. The van der Waals surface area contributed by atoms with Crippen LogP contribution in [0.4, 0.5) is 0 Å². The molecule has 0 aliphatic rings. The number of nitrogens with zero attached hydrogens (tertiary/aromatic N) is 3. The van der Waals surface area contributed by atoms with Gasteiger partial charge in [-0.3, -0.25) is 10.3 Å². The molecule has 0 aliphatic carbocycles. The van der Waals surface area contributed by atoms with E-state index in [2.05, 4.69) is 26.4 Å². The molecule has 2 rings (SSSR count). The third kappa shape index (κ3) is 2.43. The van der Waals surface area contributed by atoms with Gasteiger partial charge in [0.15, 0.2) is 0 Å². The van der Waals surface area contributed by atoms with Crippen LogP contribution in [-0.2, 0) is 6.54 Å². The van der Waals surface area contributed by atoms with Crippen molar-refractivity contribution in [3.63, 3.8) is 0 Å². The molecule has 0 aromatic carbocycles. The molecule has 0 unspecified atom stereocenters. The molecule has 16 heavy (non-hydrogen) atoms. The zero-order chi connectivity index (χ0) is 11.2. The van der Waals surface area contributed by atoms with E-state index in [0.717, 1.165) is 0 Å². The molecule has 0 fully saturated rings. The second-order valence-corrected chi connectivity index (χ2v) is 3.03. The van der Waals surface area contributed by atoms with Gasteiger partial charge in [0, 0.05) is 6.20 Å². The van der Waals surface area contributed by atoms with E-state index in [1.807, 2.05) is 18.2 Å². The average molecular weight is 214 g/mol. The summed E-state index contributed by atoms with van der Waals surface area (Å²) in [5.74, 6) is 3.44. The lowest BCUT2D eigenvalue weighted by atomic mass is 10.3. The monoisotopic (exact) mass is 214 g/mol. The second kappa shape index (κ2) is 5.05. The van der Waals surface area contributed by atoms with Crippen LogP contribution < -0.4 is 5.32 Å². The second-order valence-electron chi connectivity index (χ2n) is 3.03. The van der Waals surface area contributed by atoms with E-state index in [1.54, 1.807) is 6.20 Å². The van der Waals surface area contributed by atoms with Crippen molar-refractivity contribution in [2.24, 2.45) is 0 Å².